The molecule has 0 aliphatic rings. The zero-order valence-electron chi connectivity index (χ0n) is 9.88. The summed E-state index contributed by atoms with van der Waals surface area (Å²) in [7, 11) is 0. The molecular weight excluding hydrogens is 257 g/mol. The molecule has 0 aliphatic heterocycles. The molecule has 0 bridgehead atoms. The fourth-order valence-corrected chi connectivity index (χ4v) is 1.78. The highest BCUT2D eigenvalue weighted by molar-refractivity contribution is 5.96. The average molecular weight is 266 g/mol. The average Bonchev–Trinajstić information content (AvgIpc) is 2.34. The summed E-state index contributed by atoms with van der Waals surface area (Å²) in [5.41, 5.74) is -0.576. The lowest BCUT2D eigenvalue weighted by Gasteiger charge is -2.09. The van der Waals surface area contributed by atoms with Crippen LogP contribution in [0.1, 0.15) is 15.9 Å². The third-order valence-corrected chi connectivity index (χ3v) is 2.75. The maximum Gasteiger partial charge on any atom is 0.336 e. The molecule has 19 heavy (non-hydrogen) atoms. The quantitative estimate of drug-likeness (QED) is 0.898. The number of carboxylic acid groups (broad SMARTS) is 1. The maximum absolute atomic E-state index is 13.8. The Hall–Kier alpha value is -2.30. The summed E-state index contributed by atoms with van der Waals surface area (Å²) >= 11 is 0. The zero-order chi connectivity index (χ0) is 14.2. The van der Waals surface area contributed by atoms with Gasteiger partial charge in [-0.3, -0.25) is 0 Å². The van der Waals surface area contributed by atoms with Gasteiger partial charge < -0.3 is 5.11 Å². The molecule has 0 unspecified atom stereocenters. The molecule has 2 aromatic rings. The van der Waals surface area contributed by atoms with Crippen molar-refractivity contribution in [2.45, 2.75) is 6.92 Å². The number of carboxylic acids is 1. The van der Waals surface area contributed by atoms with Crippen molar-refractivity contribution in [3.05, 3.63) is 58.9 Å². The molecule has 0 radical (unpaired) electrons. The van der Waals surface area contributed by atoms with Crippen LogP contribution in [0.15, 0.2) is 30.3 Å². The van der Waals surface area contributed by atoms with Crippen LogP contribution in [0.2, 0.25) is 0 Å². The number of halogens is 3. The number of benzene rings is 2. The molecule has 0 fully saturated rings. The van der Waals surface area contributed by atoms with Crippen LogP contribution < -0.4 is 0 Å². The Kier molecular flexibility index (Phi) is 3.29. The normalized spacial score (nSPS) is 10.5. The van der Waals surface area contributed by atoms with E-state index in [9.17, 15) is 18.0 Å². The van der Waals surface area contributed by atoms with Crippen LogP contribution in [0.4, 0.5) is 13.2 Å². The van der Waals surface area contributed by atoms with Gasteiger partial charge in [-0.05, 0) is 42.3 Å². The molecular formula is C14H9F3O2. The van der Waals surface area contributed by atoms with Crippen LogP contribution >= 0.6 is 0 Å². The molecule has 98 valence electrons. The Morgan fingerprint density at radius 2 is 1.68 bits per heavy atom. The van der Waals surface area contributed by atoms with Crippen molar-refractivity contribution in [1.82, 2.24) is 0 Å². The van der Waals surface area contributed by atoms with Crippen molar-refractivity contribution in [3.63, 3.8) is 0 Å². The van der Waals surface area contributed by atoms with Gasteiger partial charge in [0.05, 0.1) is 5.56 Å². The van der Waals surface area contributed by atoms with Crippen LogP contribution in [-0.4, -0.2) is 11.1 Å². The van der Waals surface area contributed by atoms with Gasteiger partial charge in [0.1, 0.15) is 17.5 Å². The standard InChI is InChI=1S/C14H9F3O2/c1-7-4-13(17)10(6-12(7)16)9-3-2-8(15)5-11(9)14(18)19/h2-6H,1H3,(H,18,19). The summed E-state index contributed by atoms with van der Waals surface area (Å²) in [6.07, 6.45) is 0. The van der Waals surface area contributed by atoms with Gasteiger partial charge in [0.25, 0.3) is 0 Å². The van der Waals surface area contributed by atoms with Crippen LogP contribution in [0.25, 0.3) is 11.1 Å². The number of rotatable bonds is 2. The van der Waals surface area contributed by atoms with Crippen molar-refractivity contribution < 1.29 is 23.1 Å². The summed E-state index contributed by atoms with van der Waals surface area (Å²) in [6.45, 7) is 1.39. The Bertz CT molecular complexity index is 666. The van der Waals surface area contributed by atoms with Gasteiger partial charge in [-0.15, -0.1) is 0 Å². The predicted molar refractivity (Wildman–Crippen MR) is 63.4 cm³/mol. The van der Waals surface area contributed by atoms with Gasteiger partial charge in [-0.25, -0.2) is 18.0 Å². The van der Waals surface area contributed by atoms with E-state index in [1.807, 2.05) is 0 Å². The summed E-state index contributed by atoms with van der Waals surface area (Å²) in [4.78, 5) is 11.0. The van der Waals surface area contributed by atoms with E-state index in [1.54, 1.807) is 0 Å². The molecule has 0 aliphatic carbocycles. The third-order valence-electron chi connectivity index (χ3n) is 2.75. The molecule has 1 N–H and O–H groups in total. The first-order chi connectivity index (χ1) is 8.90. The SMILES string of the molecule is Cc1cc(F)c(-c2ccc(F)cc2C(=O)O)cc1F. The lowest BCUT2D eigenvalue weighted by molar-refractivity contribution is 0.0697. The van der Waals surface area contributed by atoms with E-state index >= 15 is 0 Å². The van der Waals surface area contributed by atoms with Crippen LogP contribution in [0.5, 0.6) is 0 Å². The molecule has 0 aromatic heterocycles. The molecule has 5 heteroatoms. The van der Waals surface area contributed by atoms with Crippen molar-refractivity contribution >= 4 is 5.97 Å². The van der Waals surface area contributed by atoms with Gasteiger partial charge in [0.2, 0.25) is 0 Å². The van der Waals surface area contributed by atoms with Crippen molar-refractivity contribution in [2.24, 2.45) is 0 Å². The second kappa shape index (κ2) is 4.76. The zero-order valence-corrected chi connectivity index (χ0v) is 9.88. The summed E-state index contributed by atoms with van der Waals surface area (Å²) in [5, 5.41) is 8.98. The van der Waals surface area contributed by atoms with E-state index in [-0.39, 0.29) is 16.7 Å². The Balaban J connectivity index is 2.72. The molecule has 0 heterocycles. The molecule has 0 atom stereocenters. The summed E-state index contributed by atoms with van der Waals surface area (Å²) < 4.78 is 40.3. The Morgan fingerprint density at radius 1 is 1.00 bits per heavy atom. The molecule has 0 amide bonds. The van der Waals surface area contributed by atoms with E-state index in [0.717, 1.165) is 30.3 Å². The van der Waals surface area contributed by atoms with Gasteiger partial charge >= 0.3 is 5.97 Å². The fourth-order valence-electron chi connectivity index (χ4n) is 1.78. The van der Waals surface area contributed by atoms with E-state index in [2.05, 4.69) is 0 Å². The van der Waals surface area contributed by atoms with Crippen LogP contribution in [0.3, 0.4) is 0 Å². The molecule has 2 aromatic carbocycles. The van der Waals surface area contributed by atoms with E-state index < -0.39 is 29.0 Å². The first-order valence-corrected chi connectivity index (χ1v) is 5.39. The second-order valence-electron chi connectivity index (χ2n) is 4.08. The molecule has 2 nitrogen and oxygen atoms in total. The maximum atomic E-state index is 13.8. The fraction of sp³-hybridized carbons (Fsp3) is 0.0714. The van der Waals surface area contributed by atoms with Crippen LogP contribution in [0, 0.1) is 24.4 Å². The Labute approximate surface area is 107 Å². The van der Waals surface area contributed by atoms with E-state index in [0.29, 0.717) is 0 Å². The number of aryl methyl sites for hydroxylation is 1. The van der Waals surface area contributed by atoms with Crippen molar-refractivity contribution in [2.75, 3.05) is 0 Å². The highest BCUT2D eigenvalue weighted by atomic mass is 19.1. The third kappa shape index (κ3) is 2.45. The summed E-state index contributed by atoms with van der Waals surface area (Å²) in [6, 6.07) is 4.77. The Morgan fingerprint density at radius 3 is 2.32 bits per heavy atom. The summed E-state index contributed by atoms with van der Waals surface area (Å²) in [5.74, 6) is -3.57. The van der Waals surface area contributed by atoms with Gasteiger partial charge in [0, 0.05) is 5.56 Å². The van der Waals surface area contributed by atoms with Crippen molar-refractivity contribution in [3.8, 4) is 11.1 Å². The number of aromatic carboxylic acids is 1. The molecule has 2 rings (SSSR count). The minimum absolute atomic E-state index is 0.0645. The minimum atomic E-state index is -1.41. The molecule has 0 saturated carbocycles. The van der Waals surface area contributed by atoms with E-state index in [1.165, 1.54) is 6.92 Å². The van der Waals surface area contributed by atoms with Crippen molar-refractivity contribution in [1.29, 1.82) is 0 Å². The van der Waals surface area contributed by atoms with Crippen LogP contribution in [-0.2, 0) is 0 Å². The minimum Gasteiger partial charge on any atom is -0.478 e. The number of carbonyl (C=O) groups is 1. The first kappa shape index (κ1) is 13.1. The largest absolute Gasteiger partial charge is 0.478 e. The van der Waals surface area contributed by atoms with Gasteiger partial charge in [-0.2, -0.15) is 0 Å². The molecule has 0 saturated heterocycles. The van der Waals surface area contributed by atoms with Gasteiger partial charge in [-0.1, -0.05) is 6.07 Å². The molecule has 0 spiro atoms. The highest BCUT2D eigenvalue weighted by Gasteiger charge is 2.17. The highest BCUT2D eigenvalue weighted by Crippen LogP contribution is 2.29. The number of hydrogen-bond acceptors (Lipinski definition) is 1. The topological polar surface area (TPSA) is 37.3 Å². The predicted octanol–water partition coefficient (Wildman–Crippen LogP) is 3.78. The second-order valence-corrected chi connectivity index (χ2v) is 4.08. The number of hydrogen-bond donors (Lipinski definition) is 1. The monoisotopic (exact) mass is 266 g/mol. The van der Waals surface area contributed by atoms with Gasteiger partial charge in [0.15, 0.2) is 0 Å². The smallest absolute Gasteiger partial charge is 0.336 e. The lowest BCUT2D eigenvalue weighted by atomic mass is 9.98. The lowest BCUT2D eigenvalue weighted by Crippen LogP contribution is -2.02. The first-order valence-electron chi connectivity index (χ1n) is 5.39. The van der Waals surface area contributed by atoms with E-state index in [4.69, 9.17) is 5.11 Å².